The molecule has 4 heteroatoms. The van der Waals surface area contributed by atoms with Crippen LogP contribution in [-0.4, -0.2) is 5.60 Å². The fraction of sp³-hybridized carbons (Fsp3) is 0.294. The third-order valence-corrected chi connectivity index (χ3v) is 4.43. The minimum atomic E-state index is -0.410. The molecule has 1 atom stereocenters. The summed E-state index contributed by atoms with van der Waals surface area (Å²) in [6.45, 7) is 4.11. The van der Waals surface area contributed by atoms with Gasteiger partial charge in [0.1, 0.15) is 17.2 Å². The highest BCUT2D eigenvalue weighted by Gasteiger charge is 2.30. The molecule has 0 saturated carbocycles. The lowest BCUT2D eigenvalue weighted by Gasteiger charge is -2.16. The van der Waals surface area contributed by atoms with Crippen molar-refractivity contribution in [3.8, 4) is 5.75 Å². The highest BCUT2D eigenvalue weighted by molar-refractivity contribution is 6.33. The van der Waals surface area contributed by atoms with Gasteiger partial charge in [0.15, 0.2) is 0 Å². The maximum absolute atomic E-state index is 13.1. The fourth-order valence-electron chi connectivity index (χ4n) is 2.67. The number of benzene rings is 2. The lowest BCUT2D eigenvalue weighted by Crippen LogP contribution is -2.24. The molecular formula is C17H15Cl2FO. The summed E-state index contributed by atoms with van der Waals surface area (Å²) in [7, 11) is 0. The quantitative estimate of drug-likeness (QED) is 0.661. The molecule has 1 nitrogen and oxygen atoms in total. The Balaban J connectivity index is 1.95. The Labute approximate surface area is 133 Å². The van der Waals surface area contributed by atoms with Gasteiger partial charge in [0.25, 0.3) is 0 Å². The van der Waals surface area contributed by atoms with Gasteiger partial charge >= 0.3 is 0 Å². The smallest absolute Gasteiger partial charge is 0.124 e. The molecule has 1 unspecified atom stereocenters. The van der Waals surface area contributed by atoms with Crippen LogP contribution in [0.25, 0.3) is 0 Å². The first kappa shape index (κ1) is 14.7. The van der Waals surface area contributed by atoms with Gasteiger partial charge in [-0.3, -0.25) is 0 Å². The molecule has 0 radical (unpaired) electrons. The molecule has 1 aliphatic rings. The lowest BCUT2D eigenvalue weighted by molar-refractivity contribution is 0.138. The number of rotatable bonds is 2. The van der Waals surface area contributed by atoms with Crippen LogP contribution in [0, 0.1) is 5.82 Å². The minimum absolute atomic E-state index is 0.184. The van der Waals surface area contributed by atoms with Crippen LogP contribution in [0.1, 0.15) is 35.9 Å². The van der Waals surface area contributed by atoms with Crippen LogP contribution in [0.5, 0.6) is 5.75 Å². The zero-order chi connectivity index (χ0) is 15.2. The maximum atomic E-state index is 13.1. The van der Waals surface area contributed by atoms with Gasteiger partial charge in [0, 0.05) is 11.4 Å². The Kier molecular flexibility index (Phi) is 3.62. The van der Waals surface area contributed by atoms with Crippen molar-refractivity contribution in [2.75, 3.05) is 0 Å². The predicted molar refractivity (Wildman–Crippen MR) is 84.0 cm³/mol. The van der Waals surface area contributed by atoms with Crippen molar-refractivity contribution >= 4 is 23.2 Å². The molecule has 3 rings (SSSR count). The molecule has 0 N–H and O–H groups in total. The lowest BCUT2D eigenvalue weighted by atomic mass is 9.97. The van der Waals surface area contributed by atoms with Crippen molar-refractivity contribution < 1.29 is 9.13 Å². The molecule has 0 bridgehead atoms. The second kappa shape index (κ2) is 5.19. The molecule has 0 aromatic heterocycles. The molecule has 2 aromatic rings. The molecule has 2 aromatic carbocycles. The summed E-state index contributed by atoms with van der Waals surface area (Å²) in [6.07, 6.45) is 0.844. The van der Waals surface area contributed by atoms with E-state index in [9.17, 15) is 4.39 Å². The van der Waals surface area contributed by atoms with Crippen LogP contribution in [0.2, 0.25) is 5.02 Å². The predicted octanol–water partition coefficient (Wildman–Crippen LogP) is 5.52. The van der Waals surface area contributed by atoms with E-state index in [4.69, 9.17) is 27.9 Å². The van der Waals surface area contributed by atoms with Gasteiger partial charge in [-0.05, 0) is 48.7 Å². The number of fused-ring (bicyclic) bond motifs is 1. The average molecular weight is 325 g/mol. The number of hydrogen-bond donors (Lipinski definition) is 0. The molecule has 0 fully saturated rings. The first-order valence-corrected chi connectivity index (χ1v) is 7.58. The number of alkyl halides is 1. The third-order valence-electron chi connectivity index (χ3n) is 3.62. The van der Waals surface area contributed by atoms with Crippen LogP contribution in [0.15, 0.2) is 36.4 Å². The fourth-order valence-corrected chi connectivity index (χ4v) is 3.33. The Bertz CT molecular complexity index is 697. The first-order valence-electron chi connectivity index (χ1n) is 6.76. The van der Waals surface area contributed by atoms with E-state index in [0.717, 1.165) is 23.3 Å². The zero-order valence-electron chi connectivity index (χ0n) is 11.8. The summed E-state index contributed by atoms with van der Waals surface area (Å²) < 4.78 is 19.0. The van der Waals surface area contributed by atoms with Gasteiger partial charge in [-0.2, -0.15) is 0 Å². The Morgan fingerprint density at radius 1 is 1.19 bits per heavy atom. The van der Waals surface area contributed by atoms with Crippen LogP contribution in [0.3, 0.4) is 0 Å². The van der Waals surface area contributed by atoms with Crippen LogP contribution < -0.4 is 4.74 Å². The van der Waals surface area contributed by atoms with Crippen molar-refractivity contribution in [1.29, 1.82) is 0 Å². The molecular weight excluding hydrogens is 310 g/mol. The molecule has 21 heavy (non-hydrogen) atoms. The van der Waals surface area contributed by atoms with E-state index in [1.165, 1.54) is 12.1 Å². The summed E-state index contributed by atoms with van der Waals surface area (Å²) in [5, 5.41) is -0.0702. The molecule has 0 spiro atoms. The van der Waals surface area contributed by atoms with Crippen molar-refractivity contribution in [1.82, 2.24) is 0 Å². The van der Waals surface area contributed by atoms with E-state index >= 15 is 0 Å². The minimum Gasteiger partial charge on any atom is -0.487 e. The number of ether oxygens (including phenoxy) is 1. The molecule has 1 heterocycles. The van der Waals surface area contributed by atoms with Crippen LogP contribution >= 0.6 is 23.2 Å². The Morgan fingerprint density at radius 2 is 1.95 bits per heavy atom. The van der Waals surface area contributed by atoms with Crippen molar-refractivity contribution in [2.24, 2.45) is 0 Å². The molecule has 0 aliphatic carbocycles. The molecule has 110 valence electrons. The standard InChI is InChI=1S/C17H15Cl2FO/c1-17(2)9-11-7-10(3-6-15(11)21-17)16(19)13-5-4-12(20)8-14(13)18/h3-8,16H,9H2,1-2H3. The second-order valence-electron chi connectivity index (χ2n) is 5.93. The summed E-state index contributed by atoms with van der Waals surface area (Å²) in [6, 6.07) is 10.2. The van der Waals surface area contributed by atoms with Crippen LogP contribution in [0.4, 0.5) is 4.39 Å². The SMILES string of the molecule is CC1(C)Cc2cc(C(Cl)c3ccc(F)cc3Cl)ccc2O1. The van der Waals surface area contributed by atoms with E-state index in [1.54, 1.807) is 6.07 Å². The summed E-state index contributed by atoms with van der Waals surface area (Å²) >= 11 is 12.6. The Hall–Kier alpha value is -1.25. The zero-order valence-corrected chi connectivity index (χ0v) is 13.3. The summed E-state index contributed by atoms with van der Waals surface area (Å²) in [5.74, 6) is 0.537. The topological polar surface area (TPSA) is 9.23 Å². The normalized spacial score (nSPS) is 17.2. The van der Waals surface area contributed by atoms with Crippen LogP contribution in [-0.2, 0) is 6.42 Å². The molecule has 0 saturated heterocycles. The second-order valence-corrected chi connectivity index (χ2v) is 6.78. The summed E-state index contributed by atoms with van der Waals surface area (Å²) in [5.41, 5.74) is 2.60. The number of halogens is 3. The van der Waals surface area contributed by atoms with Crippen molar-refractivity contribution in [3.63, 3.8) is 0 Å². The first-order chi connectivity index (χ1) is 9.85. The third kappa shape index (κ3) is 2.88. The van der Waals surface area contributed by atoms with Gasteiger partial charge in [-0.1, -0.05) is 29.8 Å². The van der Waals surface area contributed by atoms with E-state index in [1.807, 2.05) is 18.2 Å². The Morgan fingerprint density at radius 3 is 2.67 bits per heavy atom. The van der Waals surface area contributed by atoms with Gasteiger partial charge in [-0.25, -0.2) is 4.39 Å². The summed E-state index contributed by atoms with van der Waals surface area (Å²) in [4.78, 5) is 0. The highest BCUT2D eigenvalue weighted by Crippen LogP contribution is 2.40. The van der Waals surface area contributed by atoms with E-state index in [-0.39, 0.29) is 11.4 Å². The van der Waals surface area contributed by atoms with Crippen molar-refractivity contribution in [2.45, 2.75) is 31.2 Å². The largest absolute Gasteiger partial charge is 0.487 e. The van der Waals surface area contributed by atoms with Gasteiger partial charge in [0.05, 0.1) is 5.38 Å². The van der Waals surface area contributed by atoms with E-state index in [2.05, 4.69) is 13.8 Å². The van der Waals surface area contributed by atoms with Gasteiger partial charge in [0.2, 0.25) is 0 Å². The molecule has 0 amide bonds. The van der Waals surface area contributed by atoms with Crippen molar-refractivity contribution in [3.05, 3.63) is 63.9 Å². The van der Waals surface area contributed by atoms with E-state index < -0.39 is 5.38 Å². The average Bonchev–Trinajstić information content (AvgIpc) is 2.70. The van der Waals surface area contributed by atoms with Gasteiger partial charge in [-0.15, -0.1) is 11.6 Å². The number of hydrogen-bond acceptors (Lipinski definition) is 1. The van der Waals surface area contributed by atoms with E-state index in [0.29, 0.717) is 10.6 Å². The monoisotopic (exact) mass is 324 g/mol. The maximum Gasteiger partial charge on any atom is 0.124 e. The molecule has 1 aliphatic heterocycles. The van der Waals surface area contributed by atoms with Gasteiger partial charge < -0.3 is 4.74 Å². The highest BCUT2D eigenvalue weighted by atomic mass is 35.5.